The first-order valence-electron chi connectivity index (χ1n) is 5.66. The number of nitrogens with two attached hydrogens (primary N) is 1. The van der Waals surface area contributed by atoms with Gasteiger partial charge in [0.1, 0.15) is 5.82 Å². The summed E-state index contributed by atoms with van der Waals surface area (Å²) in [5.41, 5.74) is 4.82. The Bertz CT molecular complexity index is 393. The number of rotatable bonds is 3. The largest absolute Gasteiger partial charge is 0.325 e. The molecule has 0 aliphatic rings. The molecule has 94 valence electrons. The molecule has 1 heterocycles. The highest BCUT2D eigenvalue weighted by molar-refractivity contribution is 5.96. The number of anilines is 1. The van der Waals surface area contributed by atoms with Crippen LogP contribution in [0.4, 0.5) is 5.82 Å². The van der Waals surface area contributed by atoms with Gasteiger partial charge < -0.3 is 5.73 Å². The van der Waals surface area contributed by atoms with Crippen LogP contribution in [-0.4, -0.2) is 23.5 Å². The lowest BCUT2D eigenvalue weighted by atomic mass is 9.74. The van der Waals surface area contributed by atoms with Gasteiger partial charge in [-0.1, -0.05) is 6.07 Å². The molecule has 4 heteroatoms. The predicted molar refractivity (Wildman–Crippen MR) is 69.7 cm³/mol. The van der Waals surface area contributed by atoms with Gasteiger partial charge in [-0.15, -0.1) is 0 Å². The summed E-state index contributed by atoms with van der Waals surface area (Å²) in [6, 6.07) is 5.48. The van der Waals surface area contributed by atoms with Gasteiger partial charge in [0, 0.05) is 18.8 Å². The number of nitrogens with zero attached hydrogens (tertiary/aromatic N) is 2. The number of carbonyl (C=O) groups excluding carboxylic acids is 1. The zero-order chi connectivity index (χ0) is 13.3. The minimum atomic E-state index is -0.654. The lowest BCUT2D eigenvalue weighted by Gasteiger charge is -2.39. The van der Waals surface area contributed by atoms with Crippen LogP contribution in [0.2, 0.25) is 0 Å². The van der Waals surface area contributed by atoms with Gasteiger partial charge in [0.2, 0.25) is 5.91 Å². The Balaban J connectivity index is 2.99. The average molecular weight is 235 g/mol. The van der Waals surface area contributed by atoms with Crippen molar-refractivity contribution in [1.29, 1.82) is 0 Å². The van der Waals surface area contributed by atoms with E-state index in [1.165, 1.54) is 0 Å². The highest BCUT2D eigenvalue weighted by Gasteiger charge is 2.42. The van der Waals surface area contributed by atoms with E-state index in [1.54, 1.807) is 24.2 Å². The molecule has 1 aromatic rings. The molecule has 0 aliphatic carbocycles. The Hall–Kier alpha value is -1.42. The second-order valence-electron chi connectivity index (χ2n) is 5.40. The molecular weight excluding hydrogens is 214 g/mol. The summed E-state index contributed by atoms with van der Waals surface area (Å²) in [7, 11) is 1.72. The van der Waals surface area contributed by atoms with E-state index in [9.17, 15) is 4.79 Å². The van der Waals surface area contributed by atoms with E-state index in [0.717, 1.165) is 0 Å². The summed E-state index contributed by atoms with van der Waals surface area (Å²) in [5, 5.41) is 0. The standard InChI is InChI=1S/C13H21N3O/c1-12(2,13(3,4)14)11(17)16(5)10-8-6-7-9-15-10/h6-9H,14H2,1-5H3. The first kappa shape index (κ1) is 13.6. The van der Waals surface area contributed by atoms with E-state index < -0.39 is 11.0 Å². The number of amides is 1. The van der Waals surface area contributed by atoms with Crippen molar-refractivity contribution in [3.8, 4) is 0 Å². The third-order valence-corrected chi connectivity index (χ3v) is 3.44. The Morgan fingerprint density at radius 3 is 2.29 bits per heavy atom. The maximum Gasteiger partial charge on any atom is 0.235 e. The molecule has 0 spiro atoms. The molecule has 0 aromatic carbocycles. The second kappa shape index (κ2) is 4.45. The average Bonchev–Trinajstić information content (AvgIpc) is 2.26. The summed E-state index contributed by atoms with van der Waals surface area (Å²) in [4.78, 5) is 18.1. The third-order valence-electron chi connectivity index (χ3n) is 3.44. The van der Waals surface area contributed by atoms with Crippen LogP contribution in [0.1, 0.15) is 27.7 Å². The van der Waals surface area contributed by atoms with Crippen LogP contribution in [0.15, 0.2) is 24.4 Å². The molecule has 0 atom stereocenters. The highest BCUT2D eigenvalue weighted by Crippen LogP contribution is 2.31. The fraction of sp³-hybridized carbons (Fsp3) is 0.538. The van der Waals surface area contributed by atoms with Gasteiger partial charge in [0.15, 0.2) is 0 Å². The molecule has 0 saturated carbocycles. The molecule has 1 aromatic heterocycles. The van der Waals surface area contributed by atoms with E-state index in [4.69, 9.17) is 5.73 Å². The number of hydrogen-bond acceptors (Lipinski definition) is 3. The van der Waals surface area contributed by atoms with Gasteiger partial charge in [-0.25, -0.2) is 4.98 Å². The number of hydrogen-bond donors (Lipinski definition) is 1. The highest BCUT2D eigenvalue weighted by atomic mass is 16.2. The van der Waals surface area contributed by atoms with E-state index in [1.807, 2.05) is 39.8 Å². The maximum absolute atomic E-state index is 12.4. The molecule has 0 radical (unpaired) electrons. The van der Waals surface area contributed by atoms with Crippen molar-refractivity contribution in [2.75, 3.05) is 11.9 Å². The van der Waals surface area contributed by atoms with Crippen LogP contribution in [0.5, 0.6) is 0 Å². The summed E-state index contributed by atoms with van der Waals surface area (Å²) in [6.07, 6.45) is 1.67. The monoisotopic (exact) mass is 235 g/mol. The van der Waals surface area contributed by atoms with Crippen LogP contribution >= 0.6 is 0 Å². The van der Waals surface area contributed by atoms with Crippen molar-refractivity contribution in [3.05, 3.63) is 24.4 Å². The van der Waals surface area contributed by atoms with Crippen LogP contribution in [-0.2, 0) is 4.79 Å². The smallest absolute Gasteiger partial charge is 0.235 e. The second-order valence-corrected chi connectivity index (χ2v) is 5.40. The molecule has 0 saturated heterocycles. The summed E-state index contributed by atoms with van der Waals surface area (Å²) in [6.45, 7) is 7.43. The lowest BCUT2D eigenvalue weighted by molar-refractivity contribution is -0.129. The van der Waals surface area contributed by atoms with Crippen molar-refractivity contribution >= 4 is 11.7 Å². The number of aromatic nitrogens is 1. The third kappa shape index (κ3) is 2.64. The zero-order valence-corrected chi connectivity index (χ0v) is 11.2. The minimum Gasteiger partial charge on any atom is -0.325 e. The Morgan fingerprint density at radius 2 is 1.88 bits per heavy atom. The van der Waals surface area contributed by atoms with Gasteiger partial charge in [-0.3, -0.25) is 9.69 Å². The van der Waals surface area contributed by atoms with Gasteiger partial charge in [0.05, 0.1) is 5.41 Å². The molecule has 0 bridgehead atoms. The van der Waals surface area contributed by atoms with Crippen LogP contribution in [0.3, 0.4) is 0 Å². The molecule has 17 heavy (non-hydrogen) atoms. The van der Waals surface area contributed by atoms with Gasteiger partial charge in [-0.2, -0.15) is 0 Å². The van der Waals surface area contributed by atoms with Crippen LogP contribution in [0, 0.1) is 5.41 Å². The zero-order valence-electron chi connectivity index (χ0n) is 11.2. The van der Waals surface area contributed by atoms with Gasteiger partial charge in [-0.05, 0) is 39.8 Å². The molecule has 1 rings (SSSR count). The molecule has 0 unspecified atom stereocenters. The quantitative estimate of drug-likeness (QED) is 0.869. The van der Waals surface area contributed by atoms with E-state index in [2.05, 4.69) is 4.98 Å². The normalized spacial score (nSPS) is 12.4. The van der Waals surface area contributed by atoms with Crippen LogP contribution in [0.25, 0.3) is 0 Å². The topological polar surface area (TPSA) is 59.2 Å². The number of carbonyl (C=O) groups is 1. The molecule has 0 aliphatic heterocycles. The lowest BCUT2D eigenvalue weighted by Crippen LogP contribution is -2.56. The van der Waals surface area contributed by atoms with Gasteiger partial charge in [0.25, 0.3) is 0 Å². The van der Waals surface area contributed by atoms with E-state index >= 15 is 0 Å². The van der Waals surface area contributed by atoms with Crippen molar-refractivity contribution in [3.63, 3.8) is 0 Å². The maximum atomic E-state index is 12.4. The Morgan fingerprint density at radius 1 is 1.29 bits per heavy atom. The van der Waals surface area contributed by atoms with Crippen molar-refractivity contribution in [2.24, 2.45) is 11.1 Å². The van der Waals surface area contributed by atoms with Crippen molar-refractivity contribution in [2.45, 2.75) is 33.2 Å². The summed E-state index contributed by atoms with van der Waals surface area (Å²) in [5.74, 6) is 0.596. The molecule has 4 nitrogen and oxygen atoms in total. The fourth-order valence-corrected chi connectivity index (χ4v) is 1.35. The van der Waals surface area contributed by atoms with E-state index in [-0.39, 0.29) is 5.91 Å². The first-order chi connectivity index (χ1) is 7.68. The molecule has 0 fully saturated rings. The predicted octanol–water partition coefficient (Wildman–Crippen LogP) is 1.81. The van der Waals surface area contributed by atoms with E-state index in [0.29, 0.717) is 5.82 Å². The van der Waals surface area contributed by atoms with Crippen LogP contribution < -0.4 is 10.6 Å². The molecule has 1 amide bonds. The molecule has 2 N–H and O–H groups in total. The SMILES string of the molecule is CN(C(=O)C(C)(C)C(C)(C)N)c1ccccn1. The summed E-state index contributed by atoms with van der Waals surface area (Å²) >= 11 is 0. The fourth-order valence-electron chi connectivity index (χ4n) is 1.35. The summed E-state index contributed by atoms with van der Waals surface area (Å²) < 4.78 is 0. The van der Waals surface area contributed by atoms with Gasteiger partial charge >= 0.3 is 0 Å². The number of pyridine rings is 1. The van der Waals surface area contributed by atoms with Crippen molar-refractivity contribution < 1.29 is 4.79 Å². The minimum absolute atomic E-state index is 0.0382. The first-order valence-corrected chi connectivity index (χ1v) is 5.66. The van der Waals surface area contributed by atoms with Crippen molar-refractivity contribution in [1.82, 2.24) is 4.98 Å². The Kier molecular flexibility index (Phi) is 3.57. The Labute approximate surface area is 103 Å². The molecular formula is C13H21N3O.